The Morgan fingerprint density at radius 3 is 2.50 bits per heavy atom. The van der Waals surface area contributed by atoms with Crippen molar-refractivity contribution >= 4 is 21.6 Å². The number of nitrogens with zero attached hydrogens (tertiary/aromatic N) is 1. The molecule has 0 saturated carbocycles. The number of carbonyl (C=O) groups is 1. The summed E-state index contributed by atoms with van der Waals surface area (Å²) in [6.45, 7) is 3.01. The average Bonchev–Trinajstić information content (AvgIpc) is 2.54. The molecule has 0 unspecified atom stereocenters. The molecular weight excluding hydrogens is 324 g/mol. The van der Waals surface area contributed by atoms with Gasteiger partial charge in [0.15, 0.2) is 0 Å². The molecule has 1 aliphatic heterocycles. The number of anilines is 1. The van der Waals surface area contributed by atoms with Crippen molar-refractivity contribution < 1.29 is 13.2 Å². The highest BCUT2D eigenvalue weighted by Crippen LogP contribution is 2.24. The number of carbonyl (C=O) groups excluding carboxylic acids is 1. The number of benzene rings is 2. The van der Waals surface area contributed by atoms with E-state index in [-0.39, 0.29) is 5.91 Å². The highest BCUT2D eigenvalue weighted by atomic mass is 32.2. The zero-order valence-electron chi connectivity index (χ0n) is 13.7. The van der Waals surface area contributed by atoms with Gasteiger partial charge in [-0.05, 0) is 42.2 Å². The third-order valence-electron chi connectivity index (χ3n) is 4.28. The van der Waals surface area contributed by atoms with Crippen LogP contribution in [-0.4, -0.2) is 32.0 Å². The summed E-state index contributed by atoms with van der Waals surface area (Å²) in [5.41, 5.74) is 4.07. The quantitative estimate of drug-likeness (QED) is 0.930. The predicted molar refractivity (Wildman–Crippen MR) is 94.5 cm³/mol. The van der Waals surface area contributed by atoms with Crippen LogP contribution >= 0.6 is 0 Å². The summed E-state index contributed by atoms with van der Waals surface area (Å²) < 4.78 is 25.4. The van der Waals surface area contributed by atoms with Crippen molar-refractivity contribution in [2.24, 2.45) is 0 Å². The summed E-state index contributed by atoms with van der Waals surface area (Å²) in [6, 6.07) is 13.2. The SMILES string of the molecule is Cc1c(NS(C)(=O)=O)cccc1C(=O)N1CCc2ccccc2C1. The van der Waals surface area contributed by atoms with Gasteiger partial charge in [0.05, 0.1) is 11.9 Å². The summed E-state index contributed by atoms with van der Waals surface area (Å²) in [4.78, 5) is 14.7. The van der Waals surface area contributed by atoms with E-state index in [1.54, 1.807) is 25.1 Å². The molecule has 1 aliphatic rings. The second kappa shape index (κ2) is 6.28. The van der Waals surface area contributed by atoms with Gasteiger partial charge >= 0.3 is 0 Å². The van der Waals surface area contributed by atoms with Crippen molar-refractivity contribution in [3.8, 4) is 0 Å². The first-order valence-electron chi connectivity index (χ1n) is 7.78. The predicted octanol–water partition coefficient (Wildman–Crippen LogP) is 2.57. The largest absolute Gasteiger partial charge is 0.334 e. The van der Waals surface area contributed by atoms with Crippen molar-refractivity contribution in [2.75, 3.05) is 17.5 Å². The minimum Gasteiger partial charge on any atom is -0.334 e. The fraction of sp³-hybridized carbons (Fsp3) is 0.278. The maximum Gasteiger partial charge on any atom is 0.254 e. The standard InChI is InChI=1S/C18H20N2O3S/c1-13-16(8-5-9-17(13)19-24(2,22)23)18(21)20-11-10-14-6-3-4-7-15(14)12-20/h3-9,19H,10-12H2,1-2H3. The number of hydrogen-bond acceptors (Lipinski definition) is 3. The third-order valence-corrected chi connectivity index (χ3v) is 4.87. The van der Waals surface area contributed by atoms with Crippen LogP contribution in [0.3, 0.4) is 0 Å². The van der Waals surface area contributed by atoms with Crippen LogP contribution in [0.2, 0.25) is 0 Å². The van der Waals surface area contributed by atoms with E-state index in [0.29, 0.717) is 29.9 Å². The Morgan fingerprint density at radius 2 is 1.79 bits per heavy atom. The number of amides is 1. The molecule has 3 rings (SSSR count). The van der Waals surface area contributed by atoms with E-state index in [2.05, 4.69) is 10.8 Å². The average molecular weight is 344 g/mol. The minimum atomic E-state index is -3.38. The van der Waals surface area contributed by atoms with E-state index in [9.17, 15) is 13.2 Å². The molecule has 0 bridgehead atoms. The molecule has 0 fully saturated rings. The topological polar surface area (TPSA) is 66.5 Å². The molecule has 5 nitrogen and oxygen atoms in total. The molecule has 1 amide bonds. The Kier molecular flexibility index (Phi) is 4.32. The lowest BCUT2D eigenvalue weighted by Gasteiger charge is -2.29. The minimum absolute atomic E-state index is 0.0702. The van der Waals surface area contributed by atoms with Crippen molar-refractivity contribution in [3.05, 3.63) is 64.7 Å². The third kappa shape index (κ3) is 3.43. The first kappa shape index (κ1) is 16.5. The Hall–Kier alpha value is -2.34. The number of hydrogen-bond donors (Lipinski definition) is 1. The van der Waals surface area contributed by atoms with Crippen LogP contribution in [0.25, 0.3) is 0 Å². The fourth-order valence-electron chi connectivity index (χ4n) is 3.02. The van der Waals surface area contributed by atoms with Gasteiger partial charge in [-0.25, -0.2) is 8.42 Å². The molecular formula is C18H20N2O3S. The van der Waals surface area contributed by atoms with Crippen LogP contribution in [0, 0.1) is 6.92 Å². The van der Waals surface area contributed by atoms with Gasteiger partial charge in [-0.15, -0.1) is 0 Å². The Bertz CT molecular complexity index is 891. The Labute approximate surface area is 142 Å². The van der Waals surface area contributed by atoms with Crippen LogP contribution in [0.15, 0.2) is 42.5 Å². The van der Waals surface area contributed by atoms with Crippen LogP contribution in [0.1, 0.15) is 27.0 Å². The van der Waals surface area contributed by atoms with Gasteiger partial charge in [0.1, 0.15) is 0 Å². The summed E-state index contributed by atoms with van der Waals surface area (Å²) in [5.74, 6) is -0.0702. The molecule has 0 radical (unpaired) electrons. The molecule has 6 heteroatoms. The molecule has 1 N–H and O–H groups in total. The molecule has 0 aliphatic carbocycles. The number of rotatable bonds is 3. The van der Waals surface area contributed by atoms with Crippen molar-refractivity contribution in [2.45, 2.75) is 19.9 Å². The zero-order chi connectivity index (χ0) is 17.3. The highest BCUT2D eigenvalue weighted by molar-refractivity contribution is 7.92. The van der Waals surface area contributed by atoms with E-state index in [1.165, 1.54) is 11.1 Å². The first-order valence-corrected chi connectivity index (χ1v) is 9.68. The van der Waals surface area contributed by atoms with Gasteiger partial charge in [-0.1, -0.05) is 30.3 Å². The van der Waals surface area contributed by atoms with Crippen molar-refractivity contribution in [3.63, 3.8) is 0 Å². The van der Waals surface area contributed by atoms with Crippen LogP contribution in [0.5, 0.6) is 0 Å². The number of nitrogens with one attached hydrogen (secondary N) is 1. The maximum absolute atomic E-state index is 12.9. The molecule has 24 heavy (non-hydrogen) atoms. The smallest absolute Gasteiger partial charge is 0.254 e. The first-order chi connectivity index (χ1) is 11.3. The molecule has 0 spiro atoms. The van der Waals surface area contributed by atoms with E-state index in [4.69, 9.17) is 0 Å². The molecule has 0 aromatic heterocycles. The summed E-state index contributed by atoms with van der Waals surface area (Å²) in [6.07, 6.45) is 1.94. The maximum atomic E-state index is 12.9. The Morgan fingerprint density at radius 1 is 1.08 bits per heavy atom. The summed E-state index contributed by atoms with van der Waals surface area (Å²) >= 11 is 0. The lowest BCUT2D eigenvalue weighted by molar-refractivity contribution is 0.0734. The van der Waals surface area contributed by atoms with Gasteiger partial charge in [0.25, 0.3) is 5.91 Å². The van der Waals surface area contributed by atoms with Crippen molar-refractivity contribution in [1.82, 2.24) is 4.90 Å². The summed E-state index contributed by atoms with van der Waals surface area (Å²) in [7, 11) is -3.38. The second-order valence-electron chi connectivity index (χ2n) is 6.10. The van der Waals surface area contributed by atoms with Gasteiger partial charge < -0.3 is 4.90 Å². The monoisotopic (exact) mass is 344 g/mol. The van der Waals surface area contributed by atoms with E-state index in [0.717, 1.165) is 12.7 Å². The fourth-order valence-corrected chi connectivity index (χ4v) is 3.64. The molecule has 2 aromatic rings. The molecule has 0 atom stereocenters. The molecule has 2 aromatic carbocycles. The van der Waals surface area contributed by atoms with Gasteiger partial charge in [-0.2, -0.15) is 0 Å². The lowest BCUT2D eigenvalue weighted by Crippen LogP contribution is -2.36. The summed E-state index contributed by atoms with van der Waals surface area (Å²) in [5, 5.41) is 0. The van der Waals surface area contributed by atoms with Crippen LogP contribution in [0.4, 0.5) is 5.69 Å². The number of fused-ring (bicyclic) bond motifs is 1. The van der Waals surface area contributed by atoms with E-state index < -0.39 is 10.0 Å². The van der Waals surface area contributed by atoms with Gasteiger partial charge in [-0.3, -0.25) is 9.52 Å². The molecule has 1 heterocycles. The van der Waals surface area contributed by atoms with Gasteiger partial charge in [0.2, 0.25) is 10.0 Å². The molecule has 0 saturated heterocycles. The zero-order valence-corrected chi connectivity index (χ0v) is 14.6. The van der Waals surface area contributed by atoms with Gasteiger partial charge in [0, 0.05) is 18.7 Å². The highest BCUT2D eigenvalue weighted by Gasteiger charge is 2.23. The van der Waals surface area contributed by atoms with Crippen molar-refractivity contribution in [1.29, 1.82) is 0 Å². The molecule has 126 valence electrons. The Balaban J connectivity index is 1.87. The lowest BCUT2D eigenvalue weighted by atomic mass is 9.98. The van der Waals surface area contributed by atoms with Crippen LogP contribution in [-0.2, 0) is 23.0 Å². The van der Waals surface area contributed by atoms with E-state index in [1.807, 2.05) is 23.1 Å². The number of sulfonamides is 1. The normalized spacial score (nSPS) is 14.2. The second-order valence-corrected chi connectivity index (χ2v) is 7.85. The van der Waals surface area contributed by atoms with Crippen LogP contribution < -0.4 is 4.72 Å². The van der Waals surface area contributed by atoms with E-state index >= 15 is 0 Å².